The summed E-state index contributed by atoms with van der Waals surface area (Å²) in [4.78, 5) is 12.2. The molecular weight excluding hydrogens is 286 g/mol. The van der Waals surface area contributed by atoms with E-state index in [9.17, 15) is 4.79 Å². The lowest BCUT2D eigenvalue weighted by Gasteiger charge is -2.19. The van der Waals surface area contributed by atoms with Crippen LogP contribution in [0, 0.1) is 6.92 Å². The van der Waals surface area contributed by atoms with Crippen LogP contribution in [0.25, 0.3) is 0 Å². The molecule has 3 heteroatoms. The van der Waals surface area contributed by atoms with Gasteiger partial charge in [0.25, 0.3) is 5.91 Å². The van der Waals surface area contributed by atoms with Crippen LogP contribution in [-0.4, -0.2) is 18.6 Å². The number of hydrogen-bond acceptors (Lipinski definition) is 2. The van der Waals surface area contributed by atoms with Crippen molar-refractivity contribution in [2.75, 3.05) is 6.54 Å². The highest BCUT2D eigenvalue weighted by molar-refractivity contribution is 5.80. The van der Waals surface area contributed by atoms with Crippen LogP contribution in [0.5, 0.6) is 5.75 Å². The van der Waals surface area contributed by atoms with Crippen LogP contribution in [-0.2, 0) is 4.79 Å². The number of carbonyl (C=O) groups is 1. The van der Waals surface area contributed by atoms with Gasteiger partial charge in [0, 0.05) is 12.5 Å². The fraction of sp³-hybridized carbons (Fsp3) is 0.350. The van der Waals surface area contributed by atoms with Crippen molar-refractivity contribution in [1.29, 1.82) is 0 Å². The summed E-state index contributed by atoms with van der Waals surface area (Å²) in [5.41, 5.74) is 2.37. The van der Waals surface area contributed by atoms with E-state index in [0.717, 1.165) is 17.7 Å². The second-order valence-corrected chi connectivity index (χ2v) is 5.84. The Morgan fingerprint density at radius 2 is 1.87 bits per heavy atom. The second kappa shape index (κ2) is 8.37. The number of benzene rings is 2. The van der Waals surface area contributed by atoms with Gasteiger partial charge in [0.1, 0.15) is 5.75 Å². The number of ether oxygens (including phenoxy) is 1. The number of amides is 1. The molecular formula is C20H25NO2. The summed E-state index contributed by atoms with van der Waals surface area (Å²) >= 11 is 0. The largest absolute Gasteiger partial charge is 0.481 e. The first-order valence-corrected chi connectivity index (χ1v) is 8.16. The van der Waals surface area contributed by atoms with Gasteiger partial charge in [-0.1, -0.05) is 49.4 Å². The lowest BCUT2D eigenvalue weighted by Crippen LogP contribution is -2.38. The van der Waals surface area contributed by atoms with Gasteiger partial charge in [-0.05, 0) is 43.5 Å². The van der Waals surface area contributed by atoms with Crippen LogP contribution < -0.4 is 10.1 Å². The summed E-state index contributed by atoms with van der Waals surface area (Å²) in [6, 6.07) is 18.0. The van der Waals surface area contributed by atoms with Crippen LogP contribution in [0.3, 0.4) is 0 Å². The minimum atomic E-state index is -0.509. The minimum Gasteiger partial charge on any atom is -0.481 e. The molecule has 0 saturated heterocycles. The quantitative estimate of drug-likeness (QED) is 0.837. The Balaban J connectivity index is 1.88. The van der Waals surface area contributed by atoms with Crippen molar-refractivity contribution in [3.8, 4) is 5.75 Å². The average Bonchev–Trinajstić information content (AvgIpc) is 2.56. The molecule has 2 aromatic rings. The molecule has 0 spiro atoms. The number of rotatable bonds is 7. The monoisotopic (exact) mass is 311 g/mol. The maximum atomic E-state index is 12.2. The molecule has 0 fully saturated rings. The number of aryl methyl sites for hydroxylation is 1. The van der Waals surface area contributed by atoms with Gasteiger partial charge < -0.3 is 10.1 Å². The van der Waals surface area contributed by atoms with Crippen molar-refractivity contribution in [2.45, 2.75) is 39.2 Å². The molecule has 23 heavy (non-hydrogen) atoms. The third kappa shape index (κ3) is 5.13. The van der Waals surface area contributed by atoms with E-state index >= 15 is 0 Å². The highest BCUT2D eigenvalue weighted by Gasteiger charge is 2.17. The van der Waals surface area contributed by atoms with E-state index in [4.69, 9.17) is 4.74 Å². The summed E-state index contributed by atoms with van der Waals surface area (Å²) in [7, 11) is 0. The number of carbonyl (C=O) groups excluding carboxylic acids is 1. The van der Waals surface area contributed by atoms with E-state index < -0.39 is 6.10 Å². The third-order valence-electron chi connectivity index (χ3n) is 3.96. The Hall–Kier alpha value is -2.29. The van der Waals surface area contributed by atoms with Crippen LogP contribution in [0.1, 0.15) is 37.3 Å². The van der Waals surface area contributed by atoms with E-state index in [-0.39, 0.29) is 5.91 Å². The Kier molecular flexibility index (Phi) is 6.21. The lowest BCUT2D eigenvalue weighted by atomic mass is 9.96. The predicted octanol–water partition coefficient (Wildman–Crippen LogP) is 4.07. The topological polar surface area (TPSA) is 38.3 Å². The molecule has 2 unspecified atom stereocenters. The molecule has 0 bridgehead atoms. The van der Waals surface area contributed by atoms with E-state index in [1.54, 1.807) is 6.92 Å². The van der Waals surface area contributed by atoms with E-state index in [1.807, 2.05) is 49.4 Å². The molecule has 3 nitrogen and oxygen atoms in total. The fourth-order valence-corrected chi connectivity index (χ4v) is 2.54. The first kappa shape index (κ1) is 17.1. The molecule has 1 amide bonds. The first-order chi connectivity index (χ1) is 11.1. The van der Waals surface area contributed by atoms with E-state index in [2.05, 4.69) is 24.4 Å². The zero-order chi connectivity index (χ0) is 16.7. The van der Waals surface area contributed by atoms with Gasteiger partial charge in [-0.15, -0.1) is 0 Å². The third-order valence-corrected chi connectivity index (χ3v) is 3.96. The van der Waals surface area contributed by atoms with Crippen molar-refractivity contribution in [1.82, 2.24) is 5.32 Å². The maximum absolute atomic E-state index is 12.2. The molecule has 0 aliphatic rings. The van der Waals surface area contributed by atoms with Gasteiger partial charge in [-0.25, -0.2) is 0 Å². The molecule has 0 aliphatic carbocycles. The normalized spacial score (nSPS) is 13.2. The predicted molar refractivity (Wildman–Crippen MR) is 93.8 cm³/mol. The van der Waals surface area contributed by atoms with E-state index in [0.29, 0.717) is 12.5 Å². The Morgan fingerprint density at radius 1 is 1.13 bits per heavy atom. The van der Waals surface area contributed by atoms with Crippen LogP contribution in [0.15, 0.2) is 54.6 Å². The standard InChI is InChI=1S/C20H25NO2/c1-4-17(18-10-6-5-7-11-18)14-21-20(22)16(3)23-19-12-8-9-15(2)13-19/h5-13,16-17H,4,14H2,1-3H3,(H,21,22). The Morgan fingerprint density at radius 3 is 2.52 bits per heavy atom. The highest BCUT2D eigenvalue weighted by Crippen LogP contribution is 2.18. The van der Waals surface area contributed by atoms with E-state index in [1.165, 1.54) is 5.56 Å². The van der Waals surface area contributed by atoms with Crippen LogP contribution in [0.2, 0.25) is 0 Å². The van der Waals surface area contributed by atoms with Crippen molar-refractivity contribution in [3.05, 3.63) is 65.7 Å². The van der Waals surface area contributed by atoms with Crippen LogP contribution in [0.4, 0.5) is 0 Å². The molecule has 122 valence electrons. The molecule has 0 saturated carbocycles. The van der Waals surface area contributed by atoms with Gasteiger partial charge >= 0.3 is 0 Å². The van der Waals surface area contributed by atoms with Crippen molar-refractivity contribution >= 4 is 5.91 Å². The Labute approximate surface area is 138 Å². The van der Waals surface area contributed by atoms with Crippen molar-refractivity contribution in [2.24, 2.45) is 0 Å². The molecule has 2 atom stereocenters. The van der Waals surface area contributed by atoms with Gasteiger partial charge in [-0.2, -0.15) is 0 Å². The molecule has 0 aromatic heterocycles. The highest BCUT2D eigenvalue weighted by atomic mass is 16.5. The minimum absolute atomic E-state index is 0.0825. The van der Waals surface area contributed by atoms with Gasteiger partial charge in [0.2, 0.25) is 0 Å². The van der Waals surface area contributed by atoms with Crippen LogP contribution >= 0.6 is 0 Å². The zero-order valence-electron chi connectivity index (χ0n) is 14.1. The molecule has 0 radical (unpaired) electrons. The van der Waals surface area contributed by atoms with Gasteiger partial charge in [-0.3, -0.25) is 4.79 Å². The second-order valence-electron chi connectivity index (χ2n) is 5.84. The summed E-state index contributed by atoms with van der Waals surface area (Å²) in [6.07, 6.45) is 0.474. The van der Waals surface area contributed by atoms with Gasteiger partial charge in [0.15, 0.2) is 6.10 Å². The average molecular weight is 311 g/mol. The summed E-state index contributed by atoms with van der Waals surface area (Å²) in [6.45, 7) is 6.54. The smallest absolute Gasteiger partial charge is 0.260 e. The summed E-state index contributed by atoms with van der Waals surface area (Å²) in [5, 5.41) is 3.00. The van der Waals surface area contributed by atoms with Gasteiger partial charge in [0.05, 0.1) is 0 Å². The summed E-state index contributed by atoms with van der Waals surface area (Å²) < 4.78 is 5.72. The molecule has 2 rings (SSSR count). The molecule has 0 heterocycles. The number of nitrogens with one attached hydrogen (secondary N) is 1. The molecule has 2 aromatic carbocycles. The lowest BCUT2D eigenvalue weighted by molar-refractivity contribution is -0.127. The maximum Gasteiger partial charge on any atom is 0.260 e. The van der Waals surface area contributed by atoms with Crippen molar-refractivity contribution < 1.29 is 9.53 Å². The Bertz CT molecular complexity index is 625. The SMILES string of the molecule is CCC(CNC(=O)C(C)Oc1cccc(C)c1)c1ccccc1. The zero-order valence-corrected chi connectivity index (χ0v) is 14.1. The fourth-order valence-electron chi connectivity index (χ4n) is 2.54. The molecule has 0 aliphatic heterocycles. The number of hydrogen-bond donors (Lipinski definition) is 1. The van der Waals surface area contributed by atoms with Crippen molar-refractivity contribution in [3.63, 3.8) is 0 Å². The summed E-state index contributed by atoms with van der Waals surface area (Å²) in [5.74, 6) is 0.968. The molecule has 1 N–H and O–H groups in total. The first-order valence-electron chi connectivity index (χ1n) is 8.16.